The molecule has 0 amide bonds. The van der Waals surface area contributed by atoms with E-state index in [1.807, 2.05) is 24.3 Å². The first-order valence-electron chi connectivity index (χ1n) is 7.24. The summed E-state index contributed by atoms with van der Waals surface area (Å²) >= 11 is 0. The van der Waals surface area contributed by atoms with Gasteiger partial charge in [-0.2, -0.15) is 0 Å². The van der Waals surface area contributed by atoms with Crippen molar-refractivity contribution in [2.75, 3.05) is 6.61 Å². The molecular formula is C18H20O2. The fourth-order valence-corrected chi connectivity index (χ4v) is 2.89. The summed E-state index contributed by atoms with van der Waals surface area (Å²) in [5, 5.41) is 10.3. The lowest BCUT2D eigenvalue weighted by atomic mass is 9.93. The highest BCUT2D eigenvalue weighted by molar-refractivity contribution is 5.31. The summed E-state index contributed by atoms with van der Waals surface area (Å²) in [4.78, 5) is 0. The molecule has 0 bridgehead atoms. The van der Waals surface area contributed by atoms with E-state index < -0.39 is 0 Å². The van der Waals surface area contributed by atoms with Gasteiger partial charge in [0, 0.05) is 6.42 Å². The first-order chi connectivity index (χ1) is 9.83. The Balaban J connectivity index is 1.66. The first kappa shape index (κ1) is 13.3. The van der Waals surface area contributed by atoms with Gasteiger partial charge in [-0.05, 0) is 29.5 Å². The van der Waals surface area contributed by atoms with E-state index in [9.17, 15) is 5.11 Å². The minimum Gasteiger partial charge on any atom is -0.393 e. The molecular weight excluding hydrogens is 248 g/mol. The number of rotatable bonds is 4. The zero-order valence-corrected chi connectivity index (χ0v) is 11.5. The van der Waals surface area contributed by atoms with E-state index in [0.717, 1.165) is 13.0 Å². The van der Waals surface area contributed by atoms with Crippen LogP contribution in [0.5, 0.6) is 0 Å². The SMILES string of the molecule is OC(Cc1ccccc1)CC1OCCc2ccccc21. The molecule has 0 radical (unpaired) electrons. The van der Waals surface area contributed by atoms with Crippen molar-refractivity contribution in [2.24, 2.45) is 0 Å². The zero-order chi connectivity index (χ0) is 13.8. The van der Waals surface area contributed by atoms with Crippen molar-refractivity contribution in [1.29, 1.82) is 0 Å². The number of hydrogen-bond donors (Lipinski definition) is 1. The molecule has 0 fully saturated rings. The quantitative estimate of drug-likeness (QED) is 0.922. The standard InChI is InChI=1S/C18H20O2/c19-16(12-14-6-2-1-3-7-14)13-18-17-9-5-4-8-15(17)10-11-20-18/h1-9,16,18-19H,10-13H2. The second-order valence-corrected chi connectivity index (χ2v) is 5.39. The molecule has 2 atom stereocenters. The van der Waals surface area contributed by atoms with Crippen molar-refractivity contribution in [1.82, 2.24) is 0 Å². The van der Waals surface area contributed by atoms with Crippen LogP contribution in [-0.4, -0.2) is 17.8 Å². The largest absolute Gasteiger partial charge is 0.393 e. The minimum atomic E-state index is -0.367. The molecule has 1 N–H and O–H groups in total. The number of ether oxygens (including phenoxy) is 1. The maximum Gasteiger partial charge on any atom is 0.0852 e. The summed E-state index contributed by atoms with van der Waals surface area (Å²) in [7, 11) is 0. The monoisotopic (exact) mass is 268 g/mol. The van der Waals surface area contributed by atoms with Gasteiger partial charge in [0.2, 0.25) is 0 Å². The van der Waals surface area contributed by atoms with Crippen LogP contribution in [0.2, 0.25) is 0 Å². The highest BCUT2D eigenvalue weighted by Gasteiger charge is 2.23. The van der Waals surface area contributed by atoms with Gasteiger partial charge in [0.05, 0.1) is 18.8 Å². The van der Waals surface area contributed by atoms with Crippen molar-refractivity contribution < 1.29 is 9.84 Å². The maximum atomic E-state index is 10.3. The molecule has 1 aliphatic heterocycles. The third-order valence-corrected chi connectivity index (χ3v) is 3.89. The van der Waals surface area contributed by atoms with Crippen molar-refractivity contribution in [3.8, 4) is 0 Å². The van der Waals surface area contributed by atoms with Crippen LogP contribution in [0.1, 0.15) is 29.2 Å². The molecule has 104 valence electrons. The van der Waals surface area contributed by atoms with Gasteiger partial charge < -0.3 is 9.84 Å². The molecule has 1 heterocycles. The third-order valence-electron chi connectivity index (χ3n) is 3.89. The summed E-state index contributed by atoms with van der Waals surface area (Å²) < 4.78 is 5.85. The van der Waals surface area contributed by atoms with Crippen molar-refractivity contribution >= 4 is 0 Å². The Kier molecular flexibility index (Phi) is 4.14. The van der Waals surface area contributed by atoms with E-state index in [-0.39, 0.29) is 12.2 Å². The molecule has 3 rings (SSSR count). The Morgan fingerprint density at radius 2 is 1.80 bits per heavy atom. The van der Waals surface area contributed by atoms with Crippen molar-refractivity contribution in [3.05, 3.63) is 71.3 Å². The lowest BCUT2D eigenvalue weighted by molar-refractivity contribution is 0.00456. The van der Waals surface area contributed by atoms with E-state index in [4.69, 9.17) is 4.74 Å². The molecule has 1 aliphatic rings. The predicted molar refractivity (Wildman–Crippen MR) is 79.6 cm³/mol. The van der Waals surface area contributed by atoms with Crippen molar-refractivity contribution in [2.45, 2.75) is 31.5 Å². The third kappa shape index (κ3) is 3.09. The van der Waals surface area contributed by atoms with Gasteiger partial charge in [-0.25, -0.2) is 0 Å². The molecule has 0 aromatic heterocycles. The van der Waals surface area contributed by atoms with Gasteiger partial charge in [-0.15, -0.1) is 0 Å². The van der Waals surface area contributed by atoms with E-state index in [1.54, 1.807) is 0 Å². The van der Waals surface area contributed by atoms with Crippen LogP contribution in [0.15, 0.2) is 54.6 Å². The predicted octanol–water partition coefficient (Wildman–Crippen LogP) is 3.29. The molecule has 0 spiro atoms. The Morgan fingerprint density at radius 1 is 1.05 bits per heavy atom. The lowest BCUT2D eigenvalue weighted by Crippen LogP contribution is -2.22. The van der Waals surface area contributed by atoms with Crippen LogP contribution in [0.4, 0.5) is 0 Å². The van der Waals surface area contributed by atoms with E-state index in [0.29, 0.717) is 12.8 Å². The fourth-order valence-electron chi connectivity index (χ4n) is 2.89. The Labute approximate surface area is 120 Å². The number of benzene rings is 2. The summed E-state index contributed by atoms with van der Waals surface area (Å²) in [6.45, 7) is 0.750. The summed E-state index contributed by atoms with van der Waals surface area (Å²) in [6, 6.07) is 18.5. The lowest BCUT2D eigenvalue weighted by Gasteiger charge is -2.27. The Hall–Kier alpha value is -1.64. The topological polar surface area (TPSA) is 29.5 Å². The maximum absolute atomic E-state index is 10.3. The summed E-state index contributed by atoms with van der Waals surface area (Å²) in [5.74, 6) is 0. The minimum absolute atomic E-state index is 0.0265. The van der Waals surface area contributed by atoms with Crippen LogP contribution in [0.3, 0.4) is 0 Å². The Bertz CT molecular complexity index is 550. The zero-order valence-electron chi connectivity index (χ0n) is 11.5. The molecule has 20 heavy (non-hydrogen) atoms. The average molecular weight is 268 g/mol. The Morgan fingerprint density at radius 3 is 2.65 bits per heavy atom. The molecule has 2 aromatic carbocycles. The number of hydrogen-bond acceptors (Lipinski definition) is 2. The van der Waals surface area contributed by atoms with Gasteiger partial charge in [0.15, 0.2) is 0 Å². The van der Waals surface area contributed by atoms with Crippen LogP contribution < -0.4 is 0 Å². The van der Waals surface area contributed by atoms with Gasteiger partial charge in [-0.3, -0.25) is 0 Å². The molecule has 0 aliphatic carbocycles. The number of fused-ring (bicyclic) bond motifs is 1. The highest BCUT2D eigenvalue weighted by atomic mass is 16.5. The van der Waals surface area contributed by atoms with Crippen molar-refractivity contribution in [3.63, 3.8) is 0 Å². The van der Waals surface area contributed by atoms with Crippen LogP contribution in [0.25, 0.3) is 0 Å². The van der Waals surface area contributed by atoms with Crippen LogP contribution in [-0.2, 0) is 17.6 Å². The average Bonchev–Trinajstić information content (AvgIpc) is 2.48. The van der Waals surface area contributed by atoms with Crippen LogP contribution in [0, 0.1) is 0 Å². The molecule has 0 saturated heterocycles. The first-order valence-corrected chi connectivity index (χ1v) is 7.24. The number of aliphatic hydroxyl groups excluding tert-OH is 1. The highest BCUT2D eigenvalue weighted by Crippen LogP contribution is 2.30. The van der Waals surface area contributed by atoms with Crippen LogP contribution >= 0.6 is 0 Å². The second-order valence-electron chi connectivity index (χ2n) is 5.39. The summed E-state index contributed by atoms with van der Waals surface area (Å²) in [5.41, 5.74) is 3.77. The van der Waals surface area contributed by atoms with Gasteiger partial charge in [-0.1, -0.05) is 54.6 Å². The van der Waals surface area contributed by atoms with Gasteiger partial charge in [0.25, 0.3) is 0 Å². The molecule has 2 heteroatoms. The van der Waals surface area contributed by atoms with Gasteiger partial charge in [0.1, 0.15) is 0 Å². The van der Waals surface area contributed by atoms with E-state index >= 15 is 0 Å². The summed E-state index contributed by atoms with van der Waals surface area (Å²) in [6.07, 6.45) is 1.98. The molecule has 2 aromatic rings. The van der Waals surface area contributed by atoms with E-state index in [1.165, 1.54) is 16.7 Å². The van der Waals surface area contributed by atoms with E-state index in [2.05, 4.69) is 30.3 Å². The molecule has 2 nitrogen and oxygen atoms in total. The molecule has 0 saturated carbocycles. The smallest absolute Gasteiger partial charge is 0.0852 e. The second kappa shape index (κ2) is 6.21. The number of aliphatic hydroxyl groups is 1. The van der Waals surface area contributed by atoms with Gasteiger partial charge >= 0.3 is 0 Å². The normalized spacial score (nSPS) is 19.4. The fraction of sp³-hybridized carbons (Fsp3) is 0.333. The molecule has 2 unspecified atom stereocenters.